The largest absolute Gasteiger partial charge is 0.360 e. The summed E-state index contributed by atoms with van der Waals surface area (Å²) in [5.41, 5.74) is 1.50. The van der Waals surface area contributed by atoms with Crippen LogP contribution >= 0.6 is 0 Å². The molecule has 1 N–H and O–H groups in total. The Kier molecular flexibility index (Phi) is 3.54. The second-order valence-electron chi connectivity index (χ2n) is 7.02. The molecule has 118 valence electrons. The molecule has 6 heteroatoms. The summed E-state index contributed by atoms with van der Waals surface area (Å²) in [6.07, 6.45) is 2.72. The molecule has 0 aliphatic heterocycles. The number of carbonyl (C=O) groups excluding carboxylic acids is 1. The van der Waals surface area contributed by atoms with Gasteiger partial charge in [-0.05, 0) is 31.1 Å². The first-order valence-electron chi connectivity index (χ1n) is 7.56. The second-order valence-corrected chi connectivity index (χ2v) is 7.02. The maximum absolute atomic E-state index is 12.4. The van der Waals surface area contributed by atoms with Crippen molar-refractivity contribution in [2.24, 2.45) is 11.3 Å². The molecule has 3 rings (SSSR count). The highest BCUT2D eigenvalue weighted by atomic mass is 16.5. The molecule has 2 aromatic heterocycles. The summed E-state index contributed by atoms with van der Waals surface area (Å²) in [5.74, 6) is 2.09. The van der Waals surface area contributed by atoms with E-state index in [2.05, 4.69) is 36.4 Å². The summed E-state index contributed by atoms with van der Waals surface area (Å²) in [6, 6.07) is 1.67. The number of hydrogen-bond acceptors (Lipinski definition) is 5. The zero-order chi connectivity index (χ0) is 15.9. The fourth-order valence-corrected chi connectivity index (χ4v) is 2.92. The van der Waals surface area contributed by atoms with Gasteiger partial charge >= 0.3 is 0 Å². The minimum Gasteiger partial charge on any atom is -0.360 e. The fourth-order valence-electron chi connectivity index (χ4n) is 2.92. The molecule has 0 radical (unpaired) electrons. The topological polar surface area (TPSA) is 81.2 Å². The summed E-state index contributed by atoms with van der Waals surface area (Å²) < 4.78 is 10.3. The molecule has 2 aromatic rings. The van der Waals surface area contributed by atoms with Crippen LogP contribution < -0.4 is 5.32 Å². The number of aromatic nitrogens is 2. The lowest BCUT2D eigenvalue weighted by Crippen LogP contribution is -2.27. The lowest BCUT2D eigenvalue weighted by atomic mass is 9.71. The smallest absolute Gasteiger partial charge is 0.279 e. The molecule has 1 atom stereocenters. The minimum atomic E-state index is -0.298. The molecule has 1 amide bonds. The highest BCUT2D eigenvalue weighted by Gasteiger charge is 2.34. The van der Waals surface area contributed by atoms with Gasteiger partial charge in [-0.3, -0.25) is 4.79 Å². The molecule has 0 saturated heterocycles. The van der Waals surface area contributed by atoms with Gasteiger partial charge in [0.15, 0.2) is 11.5 Å². The number of fused-ring (bicyclic) bond motifs is 1. The quantitative estimate of drug-likeness (QED) is 0.919. The lowest BCUT2D eigenvalue weighted by Gasteiger charge is -2.33. The van der Waals surface area contributed by atoms with Crippen molar-refractivity contribution < 1.29 is 13.8 Å². The molecule has 0 fully saturated rings. The van der Waals surface area contributed by atoms with E-state index >= 15 is 0 Å². The van der Waals surface area contributed by atoms with Crippen molar-refractivity contribution in [3.63, 3.8) is 0 Å². The molecule has 0 saturated carbocycles. The first kappa shape index (κ1) is 14.8. The van der Waals surface area contributed by atoms with E-state index < -0.39 is 0 Å². The Balaban J connectivity index is 1.81. The Hall–Kier alpha value is -2.11. The molecule has 0 unspecified atom stereocenters. The molecule has 22 heavy (non-hydrogen) atoms. The average Bonchev–Trinajstić information content (AvgIpc) is 3.03. The van der Waals surface area contributed by atoms with E-state index in [-0.39, 0.29) is 11.3 Å². The zero-order valence-electron chi connectivity index (χ0n) is 13.4. The summed E-state index contributed by atoms with van der Waals surface area (Å²) >= 11 is 0. The van der Waals surface area contributed by atoms with Crippen molar-refractivity contribution in [3.05, 3.63) is 28.8 Å². The van der Waals surface area contributed by atoms with Crippen molar-refractivity contribution in [2.45, 2.75) is 47.0 Å². The van der Waals surface area contributed by atoms with Gasteiger partial charge in [0, 0.05) is 18.1 Å². The van der Waals surface area contributed by atoms with E-state index in [1.165, 1.54) is 0 Å². The number of rotatable bonds is 2. The van der Waals surface area contributed by atoms with E-state index in [9.17, 15) is 4.79 Å². The first-order chi connectivity index (χ1) is 10.3. The number of hydrogen-bond donors (Lipinski definition) is 1. The standard InChI is InChI=1S/C16H21N3O3/c1-9-7-13(18-21-9)17-15(20)14-11-8-10(16(2,3)4)5-6-12(11)22-19-14/h7,10H,5-6,8H2,1-4H3,(H,17,18,20)/t10-/m0/s1. The van der Waals surface area contributed by atoms with Gasteiger partial charge in [-0.15, -0.1) is 0 Å². The van der Waals surface area contributed by atoms with Crippen LogP contribution in [-0.4, -0.2) is 16.2 Å². The lowest BCUT2D eigenvalue weighted by molar-refractivity contribution is 0.101. The Morgan fingerprint density at radius 3 is 2.73 bits per heavy atom. The van der Waals surface area contributed by atoms with Crippen LogP contribution in [-0.2, 0) is 12.8 Å². The molecule has 0 bridgehead atoms. The SMILES string of the molecule is Cc1cc(NC(=O)c2noc3c2C[C@@H](C(C)(C)C)CC3)no1. The molecular formula is C16H21N3O3. The molecule has 1 aliphatic rings. The van der Waals surface area contributed by atoms with Crippen LogP contribution in [0.3, 0.4) is 0 Å². The molecule has 2 heterocycles. The Morgan fingerprint density at radius 2 is 2.09 bits per heavy atom. The normalized spacial score (nSPS) is 18.1. The molecule has 6 nitrogen and oxygen atoms in total. The van der Waals surface area contributed by atoms with Gasteiger partial charge in [0.1, 0.15) is 11.5 Å². The van der Waals surface area contributed by atoms with Crippen molar-refractivity contribution in [2.75, 3.05) is 5.32 Å². The number of aryl methyl sites for hydroxylation is 2. The van der Waals surface area contributed by atoms with Gasteiger partial charge in [0.25, 0.3) is 5.91 Å². The van der Waals surface area contributed by atoms with E-state index in [1.54, 1.807) is 13.0 Å². The second kappa shape index (κ2) is 5.26. The number of carbonyl (C=O) groups is 1. The number of nitrogens with one attached hydrogen (secondary N) is 1. The van der Waals surface area contributed by atoms with Gasteiger partial charge < -0.3 is 14.4 Å². The van der Waals surface area contributed by atoms with Gasteiger partial charge in [-0.25, -0.2) is 0 Å². The van der Waals surface area contributed by atoms with Crippen molar-refractivity contribution in [1.29, 1.82) is 0 Å². The van der Waals surface area contributed by atoms with Gasteiger partial charge in [-0.2, -0.15) is 0 Å². The third-order valence-corrected chi connectivity index (χ3v) is 4.35. The minimum absolute atomic E-state index is 0.200. The van der Waals surface area contributed by atoms with Crippen LogP contribution in [0, 0.1) is 18.3 Å². The molecule has 0 aromatic carbocycles. The van der Waals surface area contributed by atoms with Crippen LogP contribution in [0.15, 0.2) is 15.1 Å². The molecule has 0 spiro atoms. The van der Waals surface area contributed by atoms with Crippen molar-refractivity contribution in [3.8, 4) is 0 Å². The van der Waals surface area contributed by atoms with E-state index in [4.69, 9.17) is 9.05 Å². The van der Waals surface area contributed by atoms with Crippen LogP contribution in [0.1, 0.15) is 54.8 Å². The van der Waals surface area contributed by atoms with E-state index in [1.807, 2.05) is 0 Å². The number of amides is 1. The molecular weight excluding hydrogens is 282 g/mol. The maximum atomic E-state index is 12.4. The van der Waals surface area contributed by atoms with Crippen molar-refractivity contribution >= 4 is 11.7 Å². The Bertz CT molecular complexity index is 694. The summed E-state index contributed by atoms with van der Waals surface area (Å²) in [4.78, 5) is 12.4. The number of anilines is 1. The highest BCUT2D eigenvalue weighted by molar-refractivity contribution is 6.03. The van der Waals surface area contributed by atoms with E-state index in [0.717, 1.165) is 30.6 Å². The summed E-state index contributed by atoms with van der Waals surface area (Å²) in [7, 11) is 0. The van der Waals surface area contributed by atoms with Gasteiger partial charge in [-0.1, -0.05) is 31.1 Å². The van der Waals surface area contributed by atoms with Crippen LogP contribution in [0.2, 0.25) is 0 Å². The van der Waals surface area contributed by atoms with Crippen LogP contribution in [0.5, 0.6) is 0 Å². The average molecular weight is 303 g/mol. The summed E-state index contributed by atoms with van der Waals surface area (Å²) in [5, 5.41) is 10.4. The number of nitrogens with zero attached hydrogens (tertiary/aromatic N) is 2. The van der Waals surface area contributed by atoms with Gasteiger partial charge in [0.05, 0.1) is 0 Å². The van der Waals surface area contributed by atoms with Crippen LogP contribution in [0.4, 0.5) is 5.82 Å². The highest BCUT2D eigenvalue weighted by Crippen LogP contribution is 2.38. The third kappa shape index (κ3) is 2.77. The monoisotopic (exact) mass is 303 g/mol. The third-order valence-electron chi connectivity index (χ3n) is 4.35. The fraction of sp³-hybridized carbons (Fsp3) is 0.562. The van der Waals surface area contributed by atoms with Crippen LogP contribution in [0.25, 0.3) is 0 Å². The first-order valence-corrected chi connectivity index (χ1v) is 7.56. The zero-order valence-corrected chi connectivity index (χ0v) is 13.4. The van der Waals surface area contributed by atoms with Gasteiger partial charge in [0.2, 0.25) is 0 Å². The maximum Gasteiger partial charge on any atom is 0.279 e. The Labute approximate surface area is 129 Å². The van der Waals surface area contributed by atoms with E-state index in [0.29, 0.717) is 23.2 Å². The predicted molar refractivity (Wildman–Crippen MR) is 80.7 cm³/mol. The molecule has 1 aliphatic carbocycles. The summed E-state index contributed by atoms with van der Waals surface area (Å²) in [6.45, 7) is 8.46. The predicted octanol–water partition coefficient (Wildman–Crippen LogP) is 3.37. The van der Waals surface area contributed by atoms with Crippen molar-refractivity contribution in [1.82, 2.24) is 10.3 Å². The Morgan fingerprint density at radius 1 is 1.32 bits per heavy atom.